The Bertz CT molecular complexity index is 369. The topological polar surface area (TPSA) is 64.3 Å². The van der Waals surface area contributed by atoms with Crippen LogP contribution in [-0.2, 0) is 11.2 Å². The molecule has 0 aliphatic rings. The van der Waals surface area contributed by atoms with Gasteiger partial charge in [-0.1, -0.05) is 0 Å². The molecule has 0 atom stereocenters. The SMILES string of the molecule is COc1ccc(F)cc1CCCC(=O)NN. The Balaban J connectivity index is 2.58. The minimum atomic E-state index is -0.306. The lowest BCUT2D eigenvalue weighted by Gasteiger charge is -2.08. The minimum absolute atomic E-state index is 0.227. The van der Waals surface area contributed by atoms with Crippen LogP contribution in [0.1, 0.15) is 18.4 Å². The maximum absolute atomic E-state index is 13.0. The van der Waals surface area contributed by atoms with E-state index < -0.39 is 0 Å². The van der Waals surface area contributed by atoms with E-state index in [1.165, 1.54) is 19.2 Å². The van der Waals surface area contributed by atoms with Crippen LogP contribution in [0.2, 0.25) is 0 Å². The molecule has 16 heavy (non-hydrogen) atoms. The van der Waals surface area contributed by atoms with E-state index in [1.54, 1.807) is 6.07 Å². The number of nitrogens with two attached hydrogens (primary N) is 1. The van der Waals surface area contributed by atoms with Crippen LogP contribution in [0.4, 0.5) is 4.39 Å². The van der Waals surface area contributed by atoms with Gasteiger partial charge in [-0.2, -0.15) is 0 Å². The Kier molecular flexibility index (Phi) is 4.72. The van der Waals surface area contributed by atoms with Crippen LogP contribution in [0.5, 0.6) is 5.75 Å². The summed E-state index contributed by atoms with van der Waals surface area (Å²) >= 11 is 0. The van der Waals surface area contributed by atoms with Crippen molar-refractivity contribution in [1.82, 2.24) is 5.43 Å². The van der Waals surface area contributed by atoms with Gasteiger partial charge in [-0.15, -0.1) is 0 Å². The van der Waals surface area contributed by atoms with Gasteiger partial charge in [0.05, 0.1) is 7.11 Å². The van der Waals surface area contributed by atoms with Crippen LogP contribution in [0.25, 0.3) is 0 Å². The summed E-state index contributed by atoms with van der Waals surface area (Å²) in [7, 11) is 1.53. The Labute approximate surface area is 93.6 Å². The summed E-state index contributed by atoms with van der Waals surface area (Å²) in [5.74, 6) is 5.05. The standard InChI is InChI=1S/C11H15FN2O2/c1-16-10-6-5-9(12)7-8(10)3-2-4-11(15)14-13/h5-7H,2-4,13H2,1H3,(H,14,15). The molecule has 0 saturated carbocycles. The van der Waals surface area contributed by atoms with Gasteiger partial charge >= 0.3 is 0 Å². The molecule has 0 bridgehead atoms. The molecule has 1 aromatic rings. The second-order valence-corrected chi connectivity index (χ2v) is 3.38. The molecule has 0 fully saturated rings. The second kappa shape index (κ2) is 6.07. The Morgan fingerprint density at radius 3 is 2.94 bits per heavy atom. The molecule has 0 heterocycles. The number of nitrogens with one attached hydrogen (secondary N) is 1. The predicted octanol–water partition coefficient (Wildman–Crippen LogP) is 1.15. The molecule has 0 saturated heterocycles. The fraction of sp³-hybridized carbons (Fsp3) is 0.364. The fourth-order valence-electron chi connectivity index (χ4n) is 1.45. The zero-order valence-electron chi connectivity index (χ0n) is 9.13. The average molecular weight is 226 g/mol. The summed E-state index contributed by atoms with van der Waals surface area (Å²) in [6, 6.07) is 4.34. The van der Waals surface area contributed by atoms with Crippen molar-refractivity contribution in [3.63, 3.8) is 0 Å². The van der Waals surface area contributed by atoms with Gasteiger partial charge in [0, 0.05) is 6.42 Å². The van der Waals surface area contributed by atoms with Gasteiger partial charge in [0.15, 0.2) is 0 Å². The molecule has 0 radical (unpaired) electrons. The van der Waals surface area contributed by atoms with Crippen molar-refractivity contribution < 1.29 is 13.9 Å². The van der Waals surface area contributed by atoms with Crippen molar-refractivity contribution in [3.8, 4) is 5.75 Å². The third kappa shape index (κ3) is 3.51. The molecular weight excluding hydrogens is 211 g/mol. The molecule has 1 rings (SSSR count). The van der Waals surface area contributed by atoms with Gasteiger partial charge in [-0.05, 0) is 36.6 Å². The third-order valence-electron chi connectivity index (χ3n) is 2.25. The summed E-state index contributed by atoms with van der Waals surface area (Å²) in [5, 5.41) is 0. The molecular formula is C11H15FN2O2. The lowest BCUT2D eigenvalue weighted by Crippen LogP contribution is -2.29. The number of benzene rings is 1. The number of carbonyl (C=O) groups excluding carboxylic acids is 1. The van der Waals surface area contributed by atoms with Gasteiger partial charge < -0.3 is 4.74 Å². The molecule has 0 aliphatic heterocycles. The largest absolute Gasteiger partial charge is 0.496 e. The molecule has 0 unspecified atom stereocenters. The maximum Gasteiger partial charge on any atom is 0.233 e. The number of hydrogen-bond acceptors (Lipinski definition) is 3. The first kappa shape index (κ1) is 12.4. The second-order valence-electron chi connectivity index (χ2n) is 3.38. The van der Waals surface area contributed by atoms with Crippen molar-refractivity contribution in [2.45, 2.75) is 19.3 Å². The zero-order valence-corrected chi connectivity index (χ0v) is 9.13. The lowest BCUT2D eigenvalue weighted by molar-refractivity contribution is -0.121. The minimum Gasteiger partial charge on any atom is -0.496 e. The summed E-state index contributed by atoms with van der Waals surface area (Å²) in [4.78, 5) is 10.9. The monoisotopic (exact) mass is 226 g/mol. The smallest absolute Gasteiger partial charge is 0.233 e. The first-order chi connectivity index (χ1) is 7.67. The van der Waals surface area contributed by atoms with Crippen LogP contribution in [0.3, 0.4) is 0 Å². The molecule has 1 aromatic carbocycles. The first-order valence-electron chi connectivity index (χ1n) is 4.99. The number of hydrazine groups is 1. The fourth-order valence-corrected chi connectivity index (χ4v) is 1.45. The number of amides is 1. The summed E-state index contributed by atoms with van der Waals surface area (Å²) < 4.78 is 18.1. The van der Waals surface area contributed by atoms with Gasteiger partial charge in [0.1, 0.15) is 11.6 Å². The van der Waals surface area contributed by atoms with Crippen LogP contribution in [0, 0.1) is 5.82 Å². The number of ether oxygens (including phenoxy) is 1. The normalized spacial score (nSPS) is 9.94. The van der Waals surface area contributed by atoms with Gasteiger partial charge in [-0.3, -0.25) is 10.2 Å². The van der Waals surface area contributed by atoms with Crippen LogP contribution >= 0.6 is 0 Å². The average Bonchev–Trinajstić information content (AvgIpc) is 2.29. The van der Waals surface area contributed by atoms with Crippen molar-refractivity contribution in [2.75, 3.05) is 7.11 Å². The maximum atomic E-state index is 13.0. The highest BCUT2D eigenvalue weighted by molar-refractivity contribution is 5.75. The molecule has 0 aromatic heterocycles. The van der Waals surface area contributed by atoms with E-state index in [2.05, 4.69) is 0 Å². The molecule has 4 nitrogen and oxygen atoms in total. The molecule has 5 heteroatoms. The van der Waals surface area contributed by atoms with Gasteiger partial charge in [0.2, 0.25) is 5.91 Å². The predicted molar refractivity (Wildman–Crippen MR) is 58.2 cm³/mol. The number of hydrogen-bond donors (Lipinski definition) is 2. The lowest BCUT2D eigenvalue weighted by atomic mass is 10.1. The van der Waals surface area contributed by atoms with Crippen molar-refractivity contribution in [3.05, 3.63) is 29.6 Å². The highest BCUT2D eigenvalue weighted by atomic mass is 19.1. The molecule has 88 valence electrons. The van der Waals surface area contributed by atoms with E-state index in [0.29, 0.717) is 25.0 Å². The highest BCUT2D eigenvalue weighted by Gasteiger charge is 2.05. The van der Waals surface area contributed by atoms with Crippen molar-refractivity contribution >= 4 is 5.91 Å². The van der Waals surface area contributed by atoms with E-state index in [0.717, 1.165) is 5.56 Å². The Morgan fingerprint density at radius 1 is 1.56 bits per heavy atom. The van der Waals surface area contributed by atoms with Crippen LogP contribution in [-0.4, -0.2) is 13.0 Å². The van der Waals surface area contributed by atoms with E-state index in [-0.39, 0.29) is 11.7 Å². The Morgan fingerprint density at radius 2 is 2.31 bits per heavy atom. The van der Waals surface area contributed by atoms with Crippen molar-refractivity contribution in [2.24, 2.45) is 5.84 Å². The summed E-state index contributed by atoms with van der Waals surface area (Å²) in [6.45, 7) is 0. The van der Waals surface area contributed by atoms with E-state index in [9.17, 15) is 9.18 Å². The number of rotatable bonds is 5. The van der Waals surface area contributed by atoms with Crippen molar-refractivity contribution in [1.29, 1.82) is 0 Å². The quantitative estimate of drug-likeness (QED) is 0.449. The number of carbonyl (C=O) groups is 1. The number of aryl methyl sites for hydroxylation is 1. The molecule has 0 aliphatic carbocycles. The summed E-state index contributed by atoms with van der Waals surface area (Å²) in [6.07, 6.45) is 1.49. The van der Waals surface area contributed by atoms with E-state index >= 15 is 0 Å². The third-order valence-corrected chi connectivity index (χ3v) is 2.25. The number of halogens is 1. The van der Waals surface area contributed by atoms with Crippen LogP contribution in [0.15, 0.2) is 18.2 Å². The highest BCUT2D eigenvalue weighted by Crippen LogP contribution is 2.21. The zero-order chi connectivity index (χ0) is 12.0. The van der Waals surface area contributed by atoms with E-state index in [4.69, 9.17) is 10.6 Å². The number of methoxy groups -OCH3 is 1. The van der Waals surface area contributed by atoms with E-state index in [1.807, 2.05) is 5.43 Å². The van der Waals surface area contributed by atoms with Gasteiger partial charge in [0.25, 0.3) is 0 Å². The Hall–Kier alpha value is -1.62. The molecule has 3 N–H and O–H groups in total. The molecule has 1 amide bonds. The van der Waals surface area contributed by atoms with Gasteiger partial charge in [-0.25, -0.2) is 10.2 Å². The van der Waals surface area contributed by atoms with Crippen LogP contribution < -0.4 is 16.0 Å². The molecule has 0 spiro atoms. The first-order valence-corrected chi connectivity index (χ1v) is 4.99. The summed E-state index contributed by atoms with van der Waals surface area (Å²) in [5.41, 5.74) is 2.80.